The SMILES string of the molecule is Cc1ccc(S(=O)(=O)N2CC(O)C[C@H]2C(=O)OCc2nc(-c3ccc(Cl)cc3)no2)cc1C. The molecule has 0 amide bonds. The van der Waals surface area contributed by atoms with Gasteiger partial charge in [-0.25, -0.2) is 8.42 Å². The number of hydrogen-bond acceptors (Lipinski definition) is 8. The Morgan fingerprint density at radius 1 is 1.21 bits per heavy atom. The van der Waals surface area contributed by atoms with E-state index >= 15 is 0 Å². The molecule has 1 fully saturated rings. The number of ether oxygens (including phenoxy) is 1. The standard InChI is InChI=1S/C22H22ClN3O6S/c1-13-3-8-18(9-14(13)2)33(29,30)26-11-17(27)10-19(26)22(28)31-12-20-24-21(25-32-20)15-4-6-16(23)7-5-15/h3-9,17,19,27H,10-12H2,1-2H3/t17?,19-/m0/s1. The molecular weight excluding hydrogens is 470 g/mol. The van der Waals surface area contributed by atoms with Crippen LogP contribution in [-0.4, -0.2) is 52.6 Å². The maximum absolute atomic E-state index is 13.2. The Hall–Kier alpha value is -2.79. The van der Waals surface area contributed by atoms with Gasteiger partial charge in [0.15, 0.2) is 6.61 Å². The summed E-state index contributed by atoms with van der Waals surface area (Å²) in [6, 6.07) is 10.4. The molecule has 174 valence electrons. The molecule has 1 aliphatic rings. The highest BCUT2D eigenvalue weighted by molar-refractivity contribution is 7.89. The van der Waals surface area contributed by atoms with E-state index in [-0.39, 0.29) is 30.4 Å². The number of aliphatic hydroxyl groups is 1. The number of aryl methyl sites for hydroxylation is 2. The van der Waals surface area contributed by atoms with Gasteiger partial charge in [-0.05, 0) is 61.4 Å². The van der Waals surface area contributed by atoms with Crippen molar-refractivity contribution in [1.82, 2.24) is 14.4 Å². The van der Waals surface area contributed by atoms with Crippen molar-refractivity contribution in [3.63, 3.8) is 0 Å². The van der Waals surface area contributed by atoms with Gasteiger partial charge in [0.1, 0.15) is 6.04 Å². The second-order valence-electron chi connectivity index (χ2n) is 7.85. The normalized spacial score (nSPS) is 19.0. The van der Waals surface area contributed by atoms with E-state index in [9.17, 15) is 18.3 Å². The Bertz CT molecular complexity index is 1280. The smallest absolute Gasteiger partial charge is 0.325 e. The number of rotatable bonds is 6. The monoisotopic (exact) mass is 491 g/mol. The zero-order valence-electron chi connectivity index (χ0n) is 17.9. The first-order valence-corrected chi connectivity index (χ1v) is 12.0. The average molecular weight is 492 g/mol. The van der Waals surface area contributed by atoms with Gasteiger partial charge in [0.2, 0.25) is 15.8 Å². The molecule has 11 heteroatoms. The highest BCUT2D eigenvalue weighted by atomic mass is 35.5. The Kier molecular flexibility index (Phi) is 6.53. The van der Waals surface area contributed by atoms with Gasteiger partial charge in [-0.1, -0.05) is 22.8 Å². The molecule has 0 bridgehead atoms. The molecule has 0 aliphatic carbocycles. The topological polar surface area (TPSA) is 123 Å². The molecule has 0 radical (unpaired) electrons. The number of carbonyl (C=O) groups excluding carboxylic acids is 1. The highest BCUT2D eigenvalue weighted by Crippen LogP contribution is 2.28. The first kappa shape index (κ1) is 23.4. The second kappa shape index (κ2) is 9.22. The molecule has 1 unspecified atom stereocenters. The van der Waals surface area contributed by atoms with Gasteiger partial charge in [-0.3, -0.25) is 4.79 Å². The summed E-state index contributed by atoms with van der Waals surface area (Å²) in [5, 5.41) is 14.5. The van der Waals surface area contributed by atoms with Crippen LogP contribution in [0.25, 0.3) is 11.4 Å². The maximum atomic E-state index is 13.2. The molecule has 2 heterocycles. The van der Waals surface area contributed by atoms with Gasteiger partial charge in [0, 0.05) is 23.6 Å². The lowest BCUT2D eigenvalue weighted by molar-refractivity contribution is -0.149. The molecule has 4 rings (SSSR count). The van der Waals surface area contributed by atoms with Crippen molar-refractivity contribution in [2.24, 2.45) is 0 Å². The van der Waals surface area contributed by atoms with E-state index in [1.165, 1.54) is 6.07 Å². The number of halogens is 1. The van der Waals surface area contributed by atoms with Crippen LogP contribution in [0.1, 0.15) is 23.4 Å². The molecule has 1 aromatic heterocycles. The number of hydrogen-bond donors (Lipinski definition) is 1. The van der Waals surface area contributed by atoms with E-state index in [0.29, 0.717) is 16.4 Å². The highest BCUT2D eigenvalue weighted by Gasteiger charge is 2.44. The number of benzene rings is 2. The fourth-order valence-electron chi connectivity index (χ4n) is 3.53. The fraction of sp³-hybridized carbons (Fsp3) is 0.318. The number of nitrogens with zero attached hydrogens (tertiary/aromatic N) is 3. The molecular formula is C22H22ClN3O6S. The largest absolute Gasteiger partial charge is 0.454 e. The van der Waals surface area contributed by atoms with E-state index in [4.69, 9.17) is 20.9 Å². The lowest BCUT2D eigenvalue weighted by Crippen LogP contribution is -2.41. The summed E-state index contributed by atoms with van der Waals surface area (Å²) in [4.78, 5) is 17.0. The first-order valence-electron chi connectivity index (χ1n) is 10.2. The van der Waals surface area contributed by atoms with Crippen molar-refractivity contribution < 1.29 is 27.6 Å². The number of sulfonamides is 1. The summed E-state index contributed by atoms with van der Waals surface area (Å²) in [6.07, 6.45) is -1.05. The van der Waals surface area contributed by atoms with Crippen molar-refractivity contribution in [1.29, 1.82) is 0 Å². The predicted octanol–water partition coefficient (Wildman–Crippen LogP) is 2.87. The van der Waals surface area contributed by atoms with E-state index in [1.54, 1.807) is 36.4 Å². The third-order valence-electron chi connectivity index (χ3n) is 5.50. The summed E-state index contributed by atoms with van der Waals surface area (Å²) in [6.45, 7) is 3.16. The molecule has 1 N–H and O–H groups in total. The van der Waals surface area contributed by atoms with Gasteiger partial charge in [0.25, 0.3) is 5.89 Å². The van der Waals surface area contributed by atoms with Crippen LogP contribution in [0, 0.1) is 13.8 Å². The summed E-state index contributed by atoms with van der Waals surface area (Å²) in [7, 11) is -4.01. The van der Waals surface area contributed by atoms with Crippen LogP contribution in [0.15, 0.2) is 51.9 Å². The van der Waals surface area contributed by atoms with E-state index in [2.05, 4.69) is 10.1 Å². The summed E-state index contributed by atoms with van der Waals surface area (Å²) < 4.78 is 37.7. The first-order chi connectivity index (χ1) is 15.6. The van der Waals surface area contributed by atoms with Crippen LogP contribution in [0.4, 0.5) is 0 Å². The molecule has 1 aliphatic heterocycles. The van der Waals surface area contributed by atoms with Crippen LogP contribution in [0.3, 0.4) is 0 Å². The molecule has 2 aromatic carbocycles. The van der Waals surface area contributed by atoms with E-state index < -0.39 is 28.1 Å². The minimum Gasteiger partial charge on any atom is -0.454 e. The van der Waals surface area contributed by atoms with Crippen molar-refractivity contribution in [2.45, 2.75) is 43.9 Å². The summed E-state index contributed by atoms with van der Waals surface area (Å²) >= 11 is 5.87. The minimum atomic E-state index is -4.01. The van der Waals surface area contributed by atoms with Crippen molar-refractivity contribution in [2.75, 3.05) is 6.54 Å². The van der Waals surface area contributed by atoms with Crippen LogP contribution in [-0.2, 0) is 26.2 Å². The van der Waals surface area contributed by atoms with Gasteiger partial charge < -0.3 is 14.4 Å². The second-order valence-corrected chi connectivity index (χ2v) is 10.2. The molecule has 0 saturated carbocycles. The van der Waals surface area contributed by atoms with Gasteiger partial charge in [-0.15, -0.1) is 0 Å². The van der Waals surface area contributed by atoms with E-state index in [1.807, 2.05) is 13.8 Å². The third-order valence-corrected chi connectivity index (χ3v) is 7.62. The van der Waals surface area contributed by atoms with Crippen LogP contribution in [0.2, 0.25) is 5.02 Å². The number of esters is 1. The zero-order valence-corrected chi connectivity index (χ0v) is 19.5. The van der Waals surface area contributed by atoms with Crippen LogP contribution >= 0.6 is 11.6 Å². The average Bonchev–Trinajstić information content (AvgIpc) is 3.41. The minimum absolute atomic E-state index is 0.0513. The van der Waals surface area contributed by atoms with E-state index in [0.717, 1.165) is 15.4 Å². The molecule has 33 heavy (non-hydrogen) atoms. The van der Waals surface area contributed by atoms with Crippen molar-refractivity contribution in [3.05, 3.63) is 64.5 Å². The Morgan fingerprint density at radius 2 is 1.94 bits per heavy atom. The van der Waals surface area contributed by atoms with Crippen molar-refractivity contribution in [3.8, 4) is 11.4 Å². The zero-order chi connectivity index (χ0) is 23.8. The van der Waals surface area contributed by atoms with Crippen molar-refractivity contribution >= 4 is 27.6 Å². The number of aliphatic hydroxyl groups excluding tert-OH is 1. The molecule has 0 spiro atoms. The number of β-amino-alcohol motifs (C(OH)–C–C–N with tert-alkyl or cyclic N) is 1. The number of carbonyl (C=O) groups is 1. The third kappa shape index (κ3) is 4.93. The van der Waals surface area contributed by atoms with Gasteiger partial charge in [-0.2, -0.15) is 9.29 Å². The molecule has 2 atom stereocenters. The van der Waals surface area contributed by atoms with Gasteiger partial charge >= 0.3 is 5.97 Å². The summed E-state index contributed by atoms with van der Waals surface area (Å²) in [5.41, 5.74) is 2.43. The predicted molar refractivity (Wildman–Crippen MR) is 119 cm³/mol. The number of aromatic nitrogens is 2. The lowest BCUT2D eigenvalue weighted by atomic mass is 10.1. The summed E-state index contributed by atoms with van der Waals surface area (Å²) in [5.74, 6) is -0.450. The molecule has 9 nitrogen and oxygen atoms in total. The van der Waals surface area contributed by atoms with Crippen LogP contribution < -0.4 is 0 Å². The van der Waals surface area contributed by atoms with Crippen LogP contribution in [0.5, 0.6) is 0 Å². The quantitative estimate of drug-likeness (QED) is 0.522. The lowest BCUT2D eigenvalue weighted by Gasteiger charge is -2.22. The molecule has 1 saturated heterocycles. The Morgan fingerprint density at radius 3 is 2.64 bits per heavy atom. The maximum Gasteiger partial charge on any atom is 0.325 e. The van der Waals surface area contributed by atoms with Gasteiger partial charge in [0.05, 0.1) is 11.0 Å². The fourth-order valence-corrected chi connectivity index (χ4v) is 5.37. The molecule has 3 aromatic rings. The Balaban J connectivity index is 1.47. The Labute approximate surface area is 196 Å².